The van der Waals surface area contributed by atoms with Gasteiger partial charge in [-0.1, -0.05) is 48.5 Å². The molecule has 160 valence electrons. The molecule has 3 heterocycles. The van der Waals surface area contributed by atoms with Crippen molar-refractivity contribution in [2.75, 3.05) is 0 Å². The SMILES string of the molecule is Cc1ccccc1-n1nc2c3ccccc3n(Cc3ccc(-n4cccn4)cc3)nc-2c1=O. The quantitative estimate of drug-likeness (QED) is 0.418. The number of aromatic nitrogens is 6. The first-order valence-electron chi connectivity index (χ1n) is 10.7. The van der Waals surface area contributed by atoms with Gasteiger partial charge in [0.2, 0.25) is 0 Å². The fourth-order valence-corrected chi connectivity index (χ4v) is 4.17. The average molecular weight is 432 g/mol. The van der Waals surface area contributed by atoms with Gasteiger partial charge in [-0.25, -0.2) is 4.68 Å². The molecule has 0 N–H and O–H groups in total. The van der Waals surface area contributed by atoms with E-state index in [0.717, 1.165) is 33.4 Å². The van der Waals surface area contributed by atoms with Gasteiger partial charge in [-0.2, -0.15) is 20.0 Å². The first-order valence-corrected chi connectivity index (χ1v) is 10.7. The second-order valence-electron chi connectivity index (χ2n) is 7.99. The van der Waals surface area contributed by atoms with Crippen molar-refractivity contribution in [3.63, 3.8) is 0 Å². The van der Waals surface area contributed by atoms with Crippen LogP contribution in [0.4, 0.5) is 0 Å². The van der Waals surface area contributed by atoms with Crippen LogP contribution in [0.5, 0.6) is 0 Å². The van der Waals surface area contributed by atoms with E-state index >= 15 is 0 Å². The van der Waals surface area contributed by atoms with Crippen LogP contribution >= 0.6 is 0 Å². The van der Waals surface area contributed by atoms with E-state index < -0.39 is 0 Å². The number of aryl methyl sites for hydroxylation is 1. The second kappa shape index (κ2) is 7.56. The topological polar surface area (TPSA) is 70.5 Å². The van der Waals surface area contributed by atoms with Gasteiger partial charge in [0, 0.05) is 17.8 Å². The van der Waals surface area contributed by atoms with Crippen LogP contribution in [-0.2, 0) is 6.54 Å². The zero-order valence-electron chi connectivity index (χ0n) is 18.0. The van der Waals surface area contributed by atoms with Crippen molar-refractivity contribution in [2.45, 2.75) is 13.5 Å². The van der Waals surface area contributed by atoms with E-state index in [1.165, 1.54) is 4.68 Å². The van der Waals surface area contributed by atoms with Crippen LogP contribution in [0.2, 0.25) is 0 Å². The Balaban J connectivity index is 1.48. The number of hydrogen-bond acceptors (Lipinski definition) is 4. The molecule has 0 amide bonds. The van der Waals surface area contributed by atoms with Gasteiger partial charge in [0.25, 0.3) is 0 Å². The molecule has 1 aromatic heterocycles. The summed E-state index contributed by atoms with van der Waals surface area (Å²) in [4.78, 5) is 13.3. The highest BCUT2D eigenvalue weighted by molar-refractivity contribution is 5.92. The smallest absolute Gasteiger partial charge is 0.265 e. The predicted molar refractivity (Wildman–Crippen MR) is 127 cm³/mol. The van der Waals surface area contributed by atoms with Crippen LogP contribution < -0.4 is 5.56 Å². The summed E-state index contributed by atoms with van der Waals surface area (Å²) in [5, 5.41) is 14.6. The largest absolute Gasteiger partial charge is 0.301 e. The molecule has 7 nitrogen and oxygen atoms in total. The summed E-state index contributed by atoms with van der Waals surface area (Å²) in [5.41, 5.74) is 5.51. The molecule has 6 rings (SSSR count). The lowest BCUT2D eigenvalue weighted by Crippen LogP contribution is -2.18. The molecular formula is C26H20N6O. The summed E-state index contributed by atoms with van der Waals surface area (Å²) in [6.07, 6.45) is 3.67. The molecule has 0 saturated heterocycles. The Morgan fingerprint density at radius 1 is 0.818 bits per heavy atom. The van der Waals surface area contributed by atoms with Gasteiger partial charge in [0.05, 0.1) is 23.4 Å². The highest BCUT2D eigenvalue weighted by atomic mass is 16.1. The summed E-state index contributed by atoms with van der Waals surface area (Å²) in [6.45, 7) is 2.50. The van der Waals surface area contributed by atoms with Gasteiger partial charge in [-0.3, -0.25) is 9.48 Å². The van der Waals surface area contributed by atoms with Gasteiger partial charge in [-0.05, 0) is 48.4 Å². The lowest BCUT2D eigenvalue weighted by molar-refractivity contribution is 0.699. The lowest BCUT2D eigenvalue weighted by Gasteiger charge is -2.12. The zero-order chi connectivity index (χ0) is 22.4. The maximum absolute atomic E-state index is 13.3. The van der Waals surface area contributed by atoms with Crippen molar-refractivity contribution >= 4 is 10.9 Å². The molecule has 0 spiro atoms. The molecule has 0 aliphatic carbocycles. The molecule has 2 aliphatic heterocycles. The maximum Gasteiger partial charge on any atom is 0.301 e. The lowest BCUT2D eigenvalue weighted by atomic mass is 10.1. The molecule has 33 heavy (non-hydrogen) atoms. The standard InChI is InChI=1S/C26H20N6O/c1-18-7-2-4-9-22(18)32-26(33)25-24(29-32)21-8-3-5-10-23(21)31(28-25)17-19-11-13-20(14-12-19)30-16-6-15-27-30/h2-16H,17H2,1H3. The minimum absolute atomic E-state index is 0.215. The average Bonchev–Trinajstić information content (AvgIpc) is 3.49. The van der Waals surface area contributed by atoms with Crippen LogP contribution in [0.1, 0.15) is 11.1 Å². The third-order valence-corrected chi connectivity index (χ3v) is 5.86. The molecule has 0 fully saturated rings. The molecule has 7 heteroatoms. The third-order valence-electron chi connectivity index (χ3n) is 5.86. The summed E-state index contributed by atoms with van der Waals surface area (Å²) in [5.74, 6) is 0. The van der Waals surface area contributed by atoms with Crippen LogP contribution in [0, 0.1) is 6.92 Å². The van der Waals surface area contributed by atoms with E-state index in [4.69, 9.17) is 5.10 Å². The Hall–Kier alpha value is -4.52. The molecule has 0 unspecified atom stereocenters. The van der Waals surface area contributed by atoms with Gasteiger partial charge in [0.15, 0.2) is 5.69 Å². The molecule has 2 aliphatic rings. The fourth-order valence-electron chi connectivity index (χ4n) is 4.17. The van der Waals surface area contributed by atoms with Gasteiger partial charge in [0.1, 0.15) is 5.69 Å². The Labute approximate surface area is 189 Å². The summed E-state index contributed by atoms with van der Waals surface area (Å²) >= 11 is 0. The van der Waals surface area contributed by atoms with E-state index in [1.807, 2.05) is 89.2 Å². The normalized spacial score (nSPS) is 11.4. The summed E-state index contributed by atoms with van der Waals surface area (Å²) in [6, 6.07) is 25.7. The molecule has 0 saturated carbocycles. The summed E-state index contributed by atoms with van der Waals surface area (Å²) < 4.78 is 5.16. The summed E-state index contributed by atoms with van der Waals surface area (Å²) in [7, 11) is 0. The van der Waals surface area contributed by atoms with Gasteiger partial charge in [-0.15, -0.1) is 0 Å². The van der Waals surface area contributed by atoms with Crippen molar-refractivity contribution in [2.24, 2.45) is 0 Å². The van der Waals surface area contributed by atoms with E-state index in [9.17, 15) is 4.79 Å². The number of para-hydroxylation sites is 2. The van der Waals surface area contributed by atoms with E-state index in [2.05, 4.69) is 22.3 Å². The highest BCUT2D eigenvalue weighted by Gasteiger charge is 2.23. The maximum atomic E-state index is 13.3. The van der Waals surface area contributed by atoms with E-state index in [-0.39, 0.29) is 5.56 Å². The van der Waals surface area contributed by atoms with Gasteiger partial charge >= 0.3 is 5.56 Å². The number of hydrogen-bond donors (Lipinski definition) is 0. The van der Waals surface area contributed by atoms with Crippen molar-refractivity contribution in [3.8, 4) is 22.8 Å². The predicted octanol–water partition coefficient (Wildman–Crippen LogP) is 4.23. The van der Waals surface area contributed by atoms with Crippen LogP contribution in [0.3, 0.4) is 0 Å². The number of nitrogens with zero attached hydrogens (tertiary/aromatic N) is 6. The second-order valence-corrected chi connectivity index (χ2v) is 7.99. The monoisotopic (exact) mass is 432 g/mol. The molecule has 0 radical (unpaired) electrons. The Kier molecular flexibility index (Phi) is 4.40. The first kappa shape index (κ1) is 19.2. The Bertz CT molecular complexity index is 1610. The molecule has 4 aromatic rings. The van der Waals surface area contributed by atoms with Crippen molar-refractivity contribution in [1.29, 1.82) is 0 Å². The minimum atomic E-state index is -0.215. The molecular weight excluding hydrogens is 412 g/mol. The highest BCUT2D eigenvalue weighted by Crippen LogP contribution is 2.27. The Morgan fingerprint density at radius 3 is 2.39 bits per heavy atom. The van der Waals surface area contributed by atoms with Crippen LogP contribution in [0.25, 0.3) is 33.7 Å². The van der Waals surface area contributed by atoms with E-state index in [0.29, 0.717) is 17.9 Å². The fraction of sp³-hybridized carbons (Fsp3) is 0.0769. The van der Waals surface area contributed by atoms with Crippen molar-refractivity contribution in [3.05, 3.63) is 113 Å². The van der Waals surface area contributed by atoms with Crippen molar-refractivity contribution in [1.82, 2.24) is 29.3 Å². The molecule has 0 atom stereocenters. The van der Waals surface area contributed by atoms with E-state index in [1.54, 1.807) is 6.20 Å². The third kappa shape index (κ3) is 3.22. The number of benzene rings is 3. The molecule has 3 aromatic carbocycles. The zero-order valence-corrected chi connectivity index (χ0v) is 18.0. The van der Waals surface area contributed by atoms with Crippen LogP contribution in [-0.4, -0.2) is 29.3 Å². The van der Waals surface area contributed by atoms with Crippen LogP contribution in [0.15, 0.2) is 96.1 Å². The number of rotatable bonds is 4. The van der Waals surface area contributed by atoms with Crippen molar-refractivity contribution < 1.29 is 0 Å². The number of fused-ring (bicyclic) bond motifs is 3. The minimum Gasteiger partial charge on any atom is -0.265 e. The first-order chi connectivity index (χ1) is 16.2. The van der Waals surface area contributed by atoms with Gasteiger partial charge < -0.3 is 0 Å². The Morgan fingerprint density at radius 2 is 1.61 bits per heavy atom. The molecule has 0 bridgehead atoms.